The van der Waals surface area contributed by atoms with Crippen molar-refractivity contribution in [3.05, 3.63) is 59.2 Å². The molecular weight excluding hydrogens is 282 g/mol. The van der Waals surface area contributed by atoms with Crippen LogP contribution in [0.15, 0.2) is 48.8 Å². The number of aryl methyl sites for hydroxylation is 1. The third-order valence-electron chi connectivity index (χ3n) is 2.94. The summed E-state index contributed by atoms with van der Waals surface area (Å²) in [7, 11) is 0. The smallest absolute Gasteiger partial charge is 0.161 e. The van der Waals surface area contributed by atoms with Gasteiger partial charge in [0.05, 0.1) is 4.88 Å². The number of hydrogen-bond acceptors (Lipinski definition) is 5. The minimum Gasteiger partial charge on any atom is -0.340 e. The molecule has 0 saturated carbocycles. The maximum Gasteiger partial charge on any atom is 0.161 e. The number of benzene rings is 1. The number of rotatable bonds is 4. The van der Waals surface area contributed by atoms with Crippen LogP contribution in [0.3, 0.4) is 0 Å². The molecule has 1 aromatic carbocycles. The van der Waals surface area contributed by atoms with Gasteiger partial charge in [-0.2, -0.15) is 0 Å². The van der Waals surface area contributed by atoms with Crippen LogP contribution in [0.25, 0.3) is 10.6 Å². The molecule has 0 aliphatic rings. The predicted molar refractivity (Wildman–Crippen MR) is 85.2 cm³/mol. The molecule has 2 aromatic heterocycles. The van der Waals surface area contributed by atoms with Crippen molar-refractivity contribution in [2.75, 3.05) is 5.32 Å². The van der Waals surface area contributed by atoms with Crippen LogP contribution in [0.4, 0.5) is 11.5 Å². The van der Waals surface area contributed by atoms with E-state index in [0.717, 1.165) is 28.4 Å². The van der Waals surface area contributed by atoms with Gasteiger partial charge in [-0.15, -0.1) is 11.3 Å². The number of aromatic nitrogens is 2. The van der Waals surface area contributed by atoms with Crippen molar-refractivity contribution in [3.8, 4) is 10.6 Å². The van der Waals surface area contributed by atoms with Gasteiger partial charge in [0.1, 0.15) is 10.8 Å². The normalized spacial score (nSPS) is 10.3. The zero-order chi connectivity index (χ0) is 14.7. The number of carbonyl (C=O) groups excluding carboxylic acids is 1. The summed E-state index contributed by atoms with van der Waals surface area (Å²) in [5.41, 5.74) is 3.12. The minimum absolute atomic E-state index is 0.620. The zero-order valence-electron chi connectivity index (χ0n) is 11.4. The molecule has 0 aliphatic carbocycles. The first-order chi connectivity index (χ1) is 10.2. The van der Waals surface area contributed by atoms with Crippen LogP contribution in [0.1, 0.15) is 15.2 Å². The van der Waals surface area contributed by atoms with E-state index in [1.165, 1.54) is 16.9 Å². The first-order valence-electron chi connectivity index (χ1n) is 6.46. The van der Waals surface area contributed by atoms with E-state index in [1.54, 1.807) is 12.4 Å². The number of pyridine rings is 1. The van der Waals surface area contributed by atoms with Crippen LogP contribution in [0.2, 0.25) is 0 Å². The van der Waals surface area contributed by atoms with E-state index in [2.05, 4.69) is 21.4 Å². The molecule has 3 aromatic rings. The summed E-state index contributed by atoms with van der Waals surface area (Å²) in [6, 6.07) is 11.9. The number of nitrogens with one attached hydrogen (secondary N) is 1. The van der Waals surface area contributed by atoms with E-state index in [9.17, 15) is 4.79 Å². The molecule has 0 bridgehead atoms. The van der Waals surface area contributed by atoms with Crippen molar-refractivity contribution in [2.45, 2.75) is 6.92 Å². The summed E-state index contributed by atoms with van der Waals surface area (Å²) in [5.74, 6) is 0.751. The number of hydrogen-bond donors (Lipinski definition) is 1. The van der Waals surface area contributed by atoms with Crippen LogP contribution in [-0.4, -0.2) is 16.3 Å². The fourth-order valence-electron chi connectivity index (χ4n) is 1.98. The van der Waals surface area contributed by atoms with Gasteiger partial charge in [0.2, 0.25) is 0 Å². The molecule has 104 valence electrons. The monoisotopic (exact) mass is 295 g/mol. The Morgan fingerprint density at radius 2 is 2.10 bits per heavy atom. The second-order valence-electron chi connectivity index (χ2n) is 4.61. The minimum atomic E-state index is 0.620. The molecule has 0 aliphatic heterocycles. The molecule has 5 heteroatoms. The van der Waals surface area contributed by atoms with Gasteiger partial charge in [-0.25, -0.2) is 9.97 Å². The highest BCUT2D eigenvalue weighted by molar-refractivity contribution is 7.16. The lowest BCUT2D eigenvalue weighted by molar-refractivity contribution is 0.112. The number of aldehydes is 1. The molecule has 0 saturated heterocycles. The highest BCUT2D eigenvalue weighted by atomic mass is 32.1. The lowest BCUT2D eigenvalue weighted by Crippen LogP contribution is -1.93. The predicted octanol–water partition coefficient (Wildman–Crippen LogP) is 4.07. The zero-order valence-corrected chi connectivity index (χ0v) is 12.2. The molecule has 4 nitrogen and oxygen atoms in total. The molecular formula is C16H13N3OS. The lowest BCUT2D eigenvalue weighted by Gasteiger charge is -2.07. The molecule has 0 unspecified atom stereocenters. The SMILES string of the molecule is Cc1cccc(Nc2cc(-c3ncc(C=O)s3)ccn2)c1. The van der Waals surface area contributed by atoms with Crippen LogP contribution >= 0.6 is 11.3 Å². The summed E-state index contributed by atoms with van der Waals surface area (Å²) < 4.78 is 0. The summed E-state index contributed by atoms with van der Waals surface area (Å²) in [6.45, 7) is 2.05. The van der Waals surface area contributed by atoms with E-state index in [1.807, 2.05) is 37.3 Å². The number of anilines is 2. The maximum atomic E-state index is 10.7. The van der Waals surface area contributed by atoms with Crippen molar-refractivity contribution >= 4 is 29.1 Å². The Hall–Kier alpha value is -2.53. The Morgan fingerprint density at radius 3 is 2.86 bits per heavy atom. The molecule has 0 atom stereocenters. The van der Waals surface area contributed by atoms with Crippen molar-refractivity contribution in [1.29, 1.82) is 0 Å². The Labute approximate surface area is 126 Å². The van der Waals surface area contributed by atoms with Crippen LogP contribution < -0.4 is 5.32 Å². The fourth-order valence-corrected chi connectivity index (χ4v) is 2.70. The quantitative estimate of drug-likeness (QED) is 0.737. The summed E-state index contributed by atoms with van der Waals surface area (Å²) >= 11 is 1.37. The average Bonchev–Trinajstić information content (AvgIpc) is 2.96. The van der Waals surface area contributed by atoms with Crippen LogP contribution in [0, 0.1) is 6.92 Å². The van der Waals surface area contributed by atoms with Crippen LogP contribution in [0.5, 0.6) is 0 Å². The van der Waals surface area contributed by atoms with Gasteiger partial charge in [-0.05, 0) is 36.8 Å². The second kappa shape index (κ2) is 5.85. The van der Waals surface area contributed by atoms with Gasteiger partial charge in [-0.3, -0.25) is 4.79 Å². The Morgan fingerprint density at radius 1 is 1.19 bits per heavy atom. The number of nitrogens with zero attached hydrogens (tertiary/aromatic N) is 2. The largest absolute Gasteiger partial charge is 0.340 e. The van der Waals surface area contributed by atoms with Crippen molar-refractivity contribution < 1.29 is 4.79 Å². The topological polar surface area (TPSA) is 54.9 Å². The maximum absolute atomic E-state index is 10.7. The molecule has 1 N–H and O–H groups in total. The average molecular weight is 295 g/mol. The molecule has 0 fully saturated rings. The number of carbonyl (C=O) groups is 1. The van der Waals surface area contributed by atoms with E-state index < -0.39 is 0 Å². The summed E-state index contributed by atoms with van der Waals surface area (Å²) in [5, 5.41) is 4.08. The highest BCUT2D eigenvalue weighted by Crippen LogP contribution is 2.26. The molecule has 21 heavy (non-hydrogen) atoms. The van der Waals surface area contributed by atoms with Gasteiger partial charge < -0.3 is 5.32 Å². The molecule has 0 spiro atoms. The van der Waals surface area contributed by atoms with E-state index >= 15 is 0 Å². The molecule has 2 heterocycles. The van der Waals surface area contributed by atoms with E-state index in [0.29, 0.717) is 4.88 Å². The Kier molecular flexibility index (Phi) is 3.75. The van der Waals surface area contributed by atoms with Gasteiger partial charge in [-0.1, -0.05) is 12.1 Å². The lowest BCUT2D eigenvalue weighted by atomic mass is 10.2. The molecule has 0 amide bonds. The van der Waals surface area contributed by atoms with Gasteiger partial charge >= 0.3 is 0 Å². The highest BCUT2D eigenvalue weighted by Gasteiger charge is 2.06. The van der Waals surface area contributed by atoms with Gasteiger partial charge in [0.15, 0.2) is 6.29 Å². The Bertz CT molecular complexity index is 782. The third-order valence-corrected chi connectivity index (χ3v) is 3.91. The third kappa shape index (κ3) is 3.14. The summed E-state index contributed by atoms with van der Waals surface area (Å²) in [4.78, 5) is 19.9. The first kappa shape index (κ1) is 13.5. The van der Waals surface area contributed by atoms with Gasteiger partial charge in [0, 0.05) is 23.6 Å². The Balaban J connectivity index is 1.87. The molecule has 0 radical (unpaired) electrons. The van der Waals surface area contributed by atoms with Crippen LogP contribution in [-0.2, 0) is 0 Å². The fraction of sp³-hybridized carbons (Fsp3) is 0.0625. The van der Waals surface area contributed by atoms with Crippen molar-refractivity contribution in [2.24, 2.45) is 0 Å². The summed E-state index contributed by atoms with van der Waals surface area (Å²) in [6.07, 6.45) is 4.13. The van der Waals surface area contributed by atoms with E-state index in [-0.39, 0.29) is 0 Å². The standard InChI is InChI=1S/C16H13N3OS/c1-11-3-2-4-13(7-11)19-15-8-12(5-6-17-15)16-18-9-14(10-20)21-16/h2-10H,1H3,(H,17,19). The van der Waals surface area contributed by atoms with Crippen molar-refractivity contribution in [3.63, 3.8) is 0 Å². The number of thiazole rings is 1. The van der Waals surface area contributed by atoms with Gasteiger partial charge in [0.25, 0.3) is 0 Å². The van der Waals surface area contributed by atoms with Crippen molar-refractivity contribution in [1.82, 2.24) is 9.97 Å². The van der Waals surface area contributed by atoms with E-state index in [4.69, 9.17) is 0 Å². The molecule has 3 rings (SSSR count). The second-order valence-corrected chi connectivity index (χ2v) is 5.67. The first-order valence-corrected chi connectivity index (χ1v) is 7.27.